The summed E-state index contributed by atoms with van der Waals surface area (Å²) in [6.07, 6.45) is 1.04. The summed E-state index contributed by atoms with van der Waals surface area (Å²) in [7, 11) is 0. The maximum atomic E-state index is 5.61. The molecule has 0 radical (unpaired) electrons. The second-order valence-electron chi connectivity index (χ2n) is 4.26. The Kier molecular flexibility index (Phi) is 4.70. The fourth-order valence-electron chi connectivity index (χ4n) is 1.72. The molecule has 1 heterocycles. The van der Waals surface area contributed by atoms with Crippen LogP contribution in [-0.4, -0.2) is 21.6 Å². The van der Waals surface area contributed by atoms with Gasteiger partial charge in [0.05, 0.1) is 6.61 Å². The van der Waals surface area contributed by atoms with Gasteiger partial charge in [-0.2, -0.15) is 15.0 Å². The second kappa shape index (κ2) is 6.70. The Labute approximate surface area is 118 Å². The second-order valence-corrected chi connectivity index (χ2v) is 4.26. The lowest BCUT2D eigenvalue weighted by Crippen LogP contribution is -2.09. The van der Waals surface area contributed by atoms with E-state index in [-0.39, 0.29) is 12.0 Å². The van der Waals surface area contributed by atoms with E-state index in [9.17, 15) is 0 Å². The quantitative estimate of drug-likeness (QED) is 0.837. The van der Waals surface area contributed by atoms with E-state index in [0.29, 0.717) is 19.1 Å². The van der Waals surface area contributed by atoms with Crippen molar-refractivity contribution in [2.24, 2.45) is 0 Å². The van der Waals surface area contributed by atoms with Gasteiger partial charge in [-0.25, -0.2) is 0 Å². The first-order valence-corrected chi connectivity index (χ1v) is 6.67. The summed E-state index contributed by atoms with van der Waals surface area (Å²) in [5.41, 5.74) is 8.08. The van der Waals surface area contributed by atoms with Crippen molar-refractivity contribution in [2.75, 3.05) is 17.7 Å². The molecule has 0 bridgehead atoms. The summed E-state index contributed by atoms with van der Waals surface area (Å²) in [6.45, 7) is 5.11. The molecule has 20 heavy (non-hydrogen) atoms. The van der Waals surface area contributed by atoms with Crippen molar-refractivity contribution < 1.29 is 4.74 Å². The number of hydrogen-bond acceptors (Lipinski definition) is 6. The molecule has 2 aromatic rings. The van der Waals surface area contributed by atoms with E-state index in [2.05, 4.69) is 51.5 Å². The van der Waals surface area contributed by atoms with E-state index >= 15 is 0 Å². The molecule has 0 aliphatic carbocycles. The molecule has 1 aromatic carbocycles. The van der Waals surface area contributed by atoms with Crippen molar-refractivity contribution in [3.8, 4) is 6.01 Å². The SMILES string of the molecule is CCOc1nc(N)nc(NCc2ccc(CC)cc2)n1. The average Bonchev–Trinajstić information content (AvgIpc) is 2.45. The molecule has 0 atom stereocenters. The van der Waals surface area contributed by atoms with Gasteiger partial charge in [0.25, 0.3) is 0 Å². The number of aryl methyl sites for hydroxylation is 1. The molecule has 0 saturated heterocycles. The number of rotatable bonds is 6. The standard InChI is InChI=1S/C14H19N5O/c1-3-10-5-7-11(8-6-10)9-16-13-17-12(15)18-14(19-13)20-4-2/h5-8H,3-4,9H2,1-2H3,(H3,15,16,17,18,19). The topological polar surface area (TPSA) is 86.0 Å². The molecule has 6 heteroatoms. The number of nitrogens with zero attached hydrogens (tertiary/aromatic N) is 3. The van der Waals surface area contributed by atoms with Crippen molar-refractivity contribution in [2.45, 2.75) is 26.8 Å². The van der Waals surface area contributed by atoms with Crippen LogP contribution in [0.25, 0.3) is 0 Å². The molecule has 0 unspecified atom stereocenters. The highest BCUT2D eigenvalue weighted by Gasteiger charge is 2.04. The predicted molar refractivity (Wildman–Crippen MR) is 78.6 cm³/mol. The Balaban J connectivity index is 2.02. The maximum absolute atomic E-state index is 5.61. The highest BCUT2D eigenvalue weighted by molar-refractivity contribution is 5.34. The van der Waals surface area contributed by atoms with E-state index in [4.69, 9.17) is 10.5 Å². The van der Waals surface area contributed by atoms with Crippen LogP contribution in [0.2, 0.25) is 0 Å². The fourth-order valence-corrected chi connectivity index (χ4v) is 1.72. The van der Waals surface area contributed by atoms with E-state index in [1.165, 1.54) is 5.56 Å². The molecule has 0 fully saturated rings. The van der Waals surface area contributed by atoms with Crippen LogP contribution < -0.4 is 15.8 Å². The predicted octanol–water partition coefficient (Wildman–Crippen LogP) is 2.03. The molecule has 6 nitrogen and oxygen atoms in total. The third-order valence-corrected chi connectivity index (χ3v) is 2.79. The third-order valence-electron chi connectivity index (χ3n) is 2.79. The van der Waals surface area contributed by atoms with Crippen LogP contribution in [0.3, 0.4) is 0 Å². The van der Waals surface area contributed by atoms with Crippen LogP contribution in [0.1, 0.15) is 25.0 Å². The Morgan fingerprint density at radius 2 is 1.75 bits per heavy atom. The molecule has 3 N–H and O–H groups in total. The van der Waals surface area contributed by atoms with Gasteiger partial charge in [0, 0.05) is 6.54 Å². The Bertz CT molecular complexity index is 556. The first kappa shape index (κ1) is 14.0. The van der Waals surface area contributed by atoms with Crippen molar-refractivity contribution >= 4 is 11.9 Å². The highest BCUT2D eigenvalue weighted by Crippen LogP contribution is 2.11. The molecular weight excluding hydrogens is 254 g/mol. The van der Waals surface area contributed by atoms with Gasteiger partial charge >= 0.3 is 6.01 Å². The van der Waals surface area contributed by atoms with Crippen molar-refractivity contribution in [3.63, 3.8) is 0 Å². The molecule has 0 saturated carbocycles. The van der Waals surface area contributed by atoms with Crippen molar-refractivity contribution in [3.05, 3.63) is 35.4 Å². The summed E-state index contributed by atoms with van der Waals surface area (Å²) < 4.78 is 5.23. The van der Waals surface area contributed by atoms with Gasteiger partial charge < -0.3 is 15.8 Å². The van der Waals surface area contributed by atoms with Crippen molar-refractivity contribution in [1.82, 2.24) is 15.0 Å². The van der Waals surface area contributed by atoms with Gasteiger partial charge in [-0.05, 0) is 24.5 Å². The lowest BCUT2D eigenvalue weighted by molar-refractivity contribution is 0.312. The minimum atomic E-state index is 0.146. The Morgan fingerprint density at radius 3 is 2.40 bits per heavy atom. The molecule has 106 valence electrons. The Hall–Kier alpha value is -2.37. The van der Waals surface area contributed by atoms with Crippen LogP contribution in [0.15, 0.2) is 24.3 Å². The monoisotopic (exact) mass is 273 g/mol. The smallest absolute Gasteiger partial charge is 0.323 e. The van der Waals surface area contributed by atoms with Gasteiger partial charge in [0.2, 0.25) is 11.9 Å². The van der Waals surface area contributed by atoms with E-state index < -0.39 is 0 Å². The number of aromatic nitrogens is 3. The van der Waals surface area contributed by atoms with E-state index in [1.54, 1.807) is 0 Å². The van der Waals surface area contributed by atoms with Crippen LogP contribution in [0.4, 0.5) is 11.9 Å². The molecule has 0 amide bonds. The zero-order valence-corrected chi connectivity index (χ0v) is 11.8. The molecule has 1 aromatic heterocycles. The lowest BCUT2D eigenvalue weighted by atomic mass is 10.1. The first-order chi connectivity index (χ1) is 9.71. The van der Waals surface area contributed by atoms with Crippen molar-refractivity contribution in [1.29, 1.82) is 0 Å². The summed E-state index contributed by atoms with van der Waals surface area (Å²) in [4.78, 5) is 12.1. The number of ether oxygens (including phenoxy) is 1. The number of nitrogens with two attached hydrogens (primary N) is 1. The van der Waals surface area contributed by atoms with Gasteiger partial charge in [-0.3, -0.25) is 0 Å². The number of anilines is 2. The van der Waals surface area contributed by atoms with Gasteiger partial charge in [-0.1, -0.05) is 31.2 Å². The van der Waals surface area contributed by atoms with Crippen LogP contribution >= 0.6 is 0 Å². The number of nitrogen functional groups attached to an aromatic ring is 1. The van der Waals surface area contributed by atoms with Crippen LogP contribution in [0.5, 0.6) is 6.01 Å². The summed E-state index contributed by atoms with van der Waals surface area (Å²) in [5.74, 6) is 0.563. The van der Waals surface area contributed by atoms with Gasteiger partial charge in [0.15, 0.2) is 0 Å². The zero-order valence-electron chi connectivity index (χ0n) is 11.8. The largest absolute Gasteiger partial charge is 0.464 e. The van der Waals surface area contributed by atoms with E-state index in [0.717, 1.165) is 12.0 Å². The summed E-state index contributed by atoms with van der Waals surface area (Å²) in [6, 6.07) is 8.64. The number of hydrogen-bond donors (Lipinski definition) is 2. The van der Waals surface area contributed by atoms with Crippen LogP contribution in [0, 0.1) is 0 Å². The number of nitrogens with one attached hydrogen (secondary N) is 1. The average molecular weight is 273 g/mol. The summed E-state index contributed by atoms with van der Waals surface area (Å²) >= 11 is 0. The first-order valence-electron chi connectivity index (χ1n) is 6.67. The maximum Gasteiger partial charge on any atom is 0.323 e. The van der Waals surface area contributed by atoms with Gasteiger partial charge in [0.1, 0.15) is 0 Å². The minimum absolute atomic E-state index is 0.146. The molecular formula is C14H19N5O. The normalized spacial score (nSPS) is 10.3. The fraction of sp³-hybridized carbons (Fsp3) is 0.357. The van der Waals surface area contributed by atoms with Gasteiger partial charge in [-0.15, -0.1) is 0 Å². The third kappa shape index (κ3) is 3.81. The number of benzene rings is 1. The van der Waals surface area contributed by atoms with E-state index in [1.807, 2.05) is 6.92 Å². The molecule has 0 spiro atoms. The zero-order chi connectivity index (χ0) is 14.4. The molecule has 0 aliphatic rings. The Morgan fingerprint density at radius 1 is 1.05 bits per heavy atom. The van der Waals surface area contributed by atoms with Crippen LogP contribution in [-0.2, 0) is 13.0 Å². The molecule has 0 aliphatic heterocycles. The molecule has 2 rings (SSSR count). The minimum Gasteiger partial charge on any atom is -0.464 e. The lowest BCUT2D eigenvalue weighted by Gasteiger charge is -2.07. The highest BCUT2D eigenvalue weighted by atomic mass is 16.5. The summed E-state index contributed by atoms with van der Waals surface area (Å²) in [5, 5.41) is 3.12.